The summed E-state index contributed by atoms with van der Waals surface area (Å²) in [5, 5.41) is 18.0. The number of para-hydroxylation sites is 1. The SMILES string of the molecule is C[C@H](NC(=O)OCc1ccccc1)C(=O)N[C@@H](Cc1ccccc1)C(=O)NCC(=O)N[C@@H](C)C(=O)n1nnc2ccccc21. The minimum atomic E-state index is -1.07. The smallest absolute Gasteiger partial charge is 0.408 e. The highest BCUT2D eigenvalue weighted by atomic mass is 16.5. The number of aromatic nitrogens is 3. The lowest BCUT2D eigenvalue weighted by atomic mass is 10.0. The van der Waals surface area contributed by atoms with Crippen molar-refractivity contribution in [1.29, 1.82) is 0 Å². The molecular formula is C31H33N7O6. The number of hydrogen-bond donors (Lipinski definition) is 4. The van der Waals surface area contributed by atoms with Crippen LogP contribution in [0.1, 0.15) is 29.8 Å². The fourth-order valence-corrected chi connectivity index (χ4v) is 4.22. The molecule has 3 atom stereocenters. The molecule has 0 aliphatic rings. The largest absolute Gasteiger partial charge is 0.445 e. The molecule has 0 fully saturated rings. The standard InChI is InChI=1S/C31H33N7O6/c1-20(34-31(43)44-19-23-13-7-4-8-14-23)28(40)35-25(17-22-11-5-3-6-12-22)29(41)32-18-27(39)33-21(2)30(42)38-26-16-10-9-15-24(26)36-37-38/h3-16,20-21,25H,17-19H2,1-2H3,(H,32,41)(H,33,39)(H,34,43)(H,35,40)/t20-,21-,25-/m0/s1. The number of carbonyl (C=O) groups is 5. The van der Waals surface area contributed by atoms with Crippen molar-refractivity contribution < 1.29 is 28.7 Å². The second-order valence-electron chi connectivity index (χ2n) is 10.0. The van der Waals surface area contributed by atoms with Crippen LogP contribution < -0.4 is 21.3 Å². The lowest BCUT2D eigenvalue weighted by Gasteiger charge is -2.21. The molecule has 0 spiro atoms. The van der Waals surface area contributed by atoms with Crippen LogP contribution in [0.25, 0.3) is 11.0 Å². The lowest BCUT2D eigenvalue weighted by molar-refractivity contribution is -0.131. The molecule has 0 aliphatic carbocycles. The molecule has 0 radical (unpaired) electrons. The van der Waals surface area contributed by atoms with E-state index in [0.717, 1.165) is 15.8 Å². The van der Waals surface area contributed by atoms with Crippen molar-refractivity contribution in [2.45, 2.75) is 45.0 Å². The van der Waals surface area contributed by atoms with Gasteiger partial charge in [-0.05, 0) is 37.1 Å². The molecule has 0 saturated heterocycles. The van der Waals surface area contributed by atoms with E-state index in [9.17, 15) is 24.0 Å². The fourth-order valence-electron chi connectivity index (χ4n) is 4.22. The lowest BCUT2D eigenvalue weighted by Crippen LogP contribution is -2.55. The number of fused-ring (bicyclic) bond motifs is 1. The van der Waals surface area contributed by atoms with Crippen LogP contribution >= 0.6 is 0 Å². The van der Waals surface area contributed by atoms with Crippen molar-refractivity contribution in [2.24, 2.45) is 0 Å². The molecule has 0 unspecified atom stereocenters. The minimum Gasteiger partial charge on any atom is -0.445 e. The number of alkyl carbamates (subject to hydrolysis) is 1. The minimum absolute atomic E-state index is 0.0295. The number of amides is 4. The average molecular weight is 600 g/mol. The Morgan fingerprint density at radius 3 is 2.09 bits per heavy atom. The number of nitrogens with one attached hydrogen (secondary N) is 4. The van der Waals surface area contributed by atoms with Crippen molar-refractivity contribution in [3.63, 3.8) is 0 Å². The topological polar surface area (TPSA) is 173 Å². The Labute approximate surface area is 253 Å². The highest BCUT2D eigenvalue weighted by Crippen LogP contribution is 2.10. The number of hydrogen-bond acceptors (Lipinski definition) is 8. The van der Waals surface area contributed by atoms with E-state index in [0.29, 0.717) is 11.0 Å². The summed E-state index contributed by atoms with van der Waals surface area (Å²) in [7, 11) is 0. The summed E-state index contributed by atoms with van der Waals surface area (Å²) in [6.07, 6.45) is -0.667. The maximum absolute atomic E-state index is 13.1. The van der Waals surface area contributed by atoms with Crippen LogP contribution in [-0.2, 0) is 32.1 Å². The van der Waals surface area contributed by atoms with E-state index in [1.165, 1.54) is 13.8 Å². The third-order valence-corrected chi connectivity index (χ3v) is 6.59. The van der Waals surface area contributed by atoms with Gasteiger partial charge in [0, 0.05) is 6.42 Å². The van der Waals surface area contributed by atoms with Crippen molar-refractivity contribution in [1.82, 2.24) is 36.3 Å². The zero-order chi connectivity index (χ0) is 31.5. The molecule has 3 aromatic carbocycles. The Hall–Kier alpha value is -5.59. The highest BCUT2D eigenvalue weighted by molar-refractivity contribution is 5.96. The van der Waals surface area contributed by atoms with Crippen LogP contribution in [0.5, 0.6) is 0 Å². The zero-order valence-corrected chi connectivity index (χ0v) is 24.2. The molecule has 1 aromatic heterocycles. The van der Waals surface area contributed by atoms with Gasteiger partial charge in [-0.2, -0.15) is 4.68 Å². The molecule has 0 aliphatic heterocycles. The fraction of sp³-hybridized carbons (Fsp3) is 0.258. The summed E-state index contributed by atoms with van der Waals surface area (Å²) in [6, 6.07) is 21.9. The predicted octanol–water partition coefficient (Wildman–Crippen LogP) is 1.73. The molecule has 4 N–H and O–H groups in total. The molecule has 4 amide bonds. The van der Waals surface area contributed by atoms with Gasteiger partial charge in [0.15, 0.2) is 0 Å². The Balaban J connectivity index is 1.31. The van der Waals surface area contributed by atoms with Crippen molar-refractivity contribution in [3.8, 4) is 0 Å². The molecule has 1 heterocycles. The maximum Gasteiger partial charge on any atom is 0.408 e. The van der Waals surface area contributed by atoms with Gasteiger partial charge in [-0.25, -0.2) is 4.79 Å². The summed E-state index contributed by atoms with van der Waals surface area (Å²) in [5.41, 5.74) is 2.58. The first-order chi connectivity index (χ1) is 21.2. The third-order valence-electron chi connectivity index (χ3n) is 6.59. The quantitative estimate of drug-likeness (QED) is 0.191. The van der Waals surface area contributed by atoms with Crippen LogP contribution in [0.4, 0.5) is 4.79 Å². The maximum atomic E-state index is 13.1. The van der Waals surface area contributed by atoms with Crippen LogP contribution in [0.15, 0.2) is 84.9 Å². The Morgan fingerprint density at radius 2 is 1.39 bits per heavy atom. The summed E-state index contributed by atoms with van der Waals surface area (Å²) in [5.74, 6) is -2.38. The highest BCUT2D eigenvalue weighted by Gasteiger charge is 2.26. The molecule has 44 heavy (non-hydrogen) atoms. The van der Waals surface area contributed by atoms with Gasteiger partial charge >= 0.3 is 6.09 Å². The Morgan fingerprint density at radius 1 is 0.750 bits per heavy atom. The van der Waals surface area contributed by atoms with Gasteiger partial charge in [0.1, 0.15) is 30.2 Å². The van der Waals surface area contributed by atoms with Gasteiger partial charge in [-0.3, -0.25) is 19.2 Å². The summed E-state index contributed by atoms with van der Waals surface area (Å²) < 4.78 is 6.28. The van der Waals surface area contributed by atoms with Crippen LogP contribution in [0.2, 0.25) is 0 Å². The second kappa shape index (κ2) is 15.0. The first kappa shape index (κ1) is 31.3. The molecule has 13 heteroatoms. The molecule has 228 valence electrons. The molecule has 4 aromatic rings. The summed E-state index contributed by atoms with van der Waals surface area (Å²) in [4.78, 5) is 63.8. The number of carbonyl (C=O) groups excluding carboxylic acids is 5. The third kappa shape index (κ3) is 8.71. The van der Waals surface area contributed by atoms with E-state index in [2.05, 4.69) is 31.6 Å². The van der Waals surface area contributed by atoms with Crippen molar-refractivity contribution in [3.05, 3.63) is 96.1 Å². The number of benzene rings is 3. The number of nitrogens with zero attached hydrogens (tertiary/aromatic N) is 3. The average Bonchev–Trinajstić information content (AvgIpc) is 3.47. The number of ether oxygens (including phenoxy) is 1. The van der Waals surface area contributed by atoms with E-state index in [1.807, 2.05) is 24.3 Å². The molecule has 13 nitrogen and oxygen atoms in total. The Bertz CT molecular complexity index is 1610. The van der Waals surface area contributed by atoms with Crippen LogP contribution in [0.3, 0.4) is 0 Å². The summed E-state index contributed by atoms with van der Waals surface area (Å²) in [6.45, 7) is 2.54. The van der Waals surface area contributed by atoms with Gasteiger partial charge in [0.2, 0.25) is 17.7 Å². The van der Waals surface area contributed by atoms with Crippen LogP contribution in [-0.4, -0.2) is 69.4 Å². The monoisotopic (exact) mass is 599 g/mol. The molecule has 0 saturated carbocycles. The van der Waals surface area contributed by atoms with Gasteiger partial charge < -0.3 is 26.0 Å². The molecular weight excluding hydrogens is 566 g/mol. The van der Waals surface area contributed by atoms with E-state index in [4.69, 9.17) is 4.74 Å². The molecule has 4 rings (SSSR count). The first-order valence-corrected chi connectivity index (χ1v) is 13.9. The van der Waals surface area contributed by atoms with Gasteiger partial charge in [-0.15, -0.1) is 5.10 Å². The van der Waals surface area contributed by atoms with Crippen molar-refractivity contribution in [2.75, 3.05) is 6.54 Å². The Kier molecular flexibility index (Phi) is 10.7. The van der Waals surface area contributed by atoms with E-state index in [-0.39, 0.29) is 13.0 Å². The second-order valence-corrected chi connectivity index (χ2v) is 10.0. The van der Waals surface area contributed by atoms with Crippen molar-refractivity contribution >= 4 is 40.8 Å². The number of rotatable bonds is 12. The molecule has 0 bridgehead atoms. The van der Waals surface area contributed by atoms with E-state index < -0.39 is 54.4 Å². The van der Waals surface area contributed by atoms with Gasteiger partial charge in [-0.1, -0.05) is 78.0 Å². The van der Waals surface area contributed by atoms with Gasteiger partial charge in [0.05, 0.1) is 12.1 Å². The first-order valence-electron chi connectivity index (χ1n) is 13.9. The van der Waals surface area contributed by atoms with Gasteiger partial charge in [0.25, 0.3) is 5.91 Å². The summed E-state index contributed by atoms with van der Waals surface area (Å²) >= 11 is 0. The van der Waals surface area contributed by atoms with Crippen LogP contribution in [0, 0.1) is 0 Å². The van der Waals surface area contributed by atoms with E-state index in [1.54, 1.807) is 60.7 Å². The normalized spacial score (nSPS) is 12.8. The predicted molar refractivity (Wildman–Crippen MR) is 160 cm³/mol. The zero-order valence-electron chi connectivity index (χ0n) is 24.2. The van der Waals surface area contributed by atoms with E-state index >= 15 is 0 Å².